The van der Waals surface area contributed by atoms with Crippen LogP contribution >= 0.6 is 0 Å². The zero-order valence-electron chi connectivity index (χ0n) is 19.3. The summed E-state index contributed by atoms with van der Waals surface area (Å²) in [6, 6.07) is 12.1. The molecule has 10 heteroatoms. The molecule has 0 radical (unpaired) electrons. The van der Waals surface area contributed by atoms with Gasteiger partial charge in [-0.2, -0.15) is 18.2 Å². The molecule has 34 heavy (non-hydrogen) atoms. The maximum absolute atomic E-state index is 13.2. The first-order chi connectivity index (χ1) is 16.2. The first-order valence-corrected chi connectivity index (χ1v) is 11.0. The van der Waals surface area contributed by atoms with Crippen molar-refractivity contribution in [3.8, 4) is 23.1 Å². The van der Waals surface area contributed by atoms with E-state index >= 15 is 0 Å². The van der Waals surface area contributed by atoms with Crippen molar-refractivity contribution in [2.45, 2.75) is 33.1 Å². The van der Waals surface area contributed by atoms with Crippen molar-refractivity contribution < 1.29 is 27.8 Å². The minimum absolute atomic E-state index is 0.0710. The number of aliphatic hydroxyl groups is 1. The Kier molecular flexibility index (Phi) is 8.51. The molecule has 7 nitrogen and oxygen atoms in total. The van der Waals surface area contributed by atoms with E-state index in [2.05, 4.69) is 15.4 Å². The fourth-order valence-electron chi connectivity index (χ4n) is 3.14. The van der Waals surface area contributed by atoms with Crippen LogP contribution in [0.25, 0.3) is 17.1 Å². The van der Waals surface area contributed by atoms with Crippen LogP contribution in [0.5, 0.6) is 6.01 Å². The van der Waals surface area contributed by atoms with Gasteiger partial charge in [0, 0.05) is 24.4 Å². The van der Waals surface area contributed by atoms with Gasteiger partial charge >= 0.3 is 12.2 Å². The first kappa shape index (κ1) is 25.5. The number of hydrogen-bond acceptors (Lipinski definition) is 6. The molecule has 0 saturated heterocycles. The van der Waals surface area contributed by atoms with Gasteiger partial charge in [-0.15, -0.1) is 5.10 Å². The molecule has 0 spiro atoms. The predicted octanol–water partition coefficient (Wildman–Crippen LogP) is 4.80. The van der Waals surface area contributed by atoms with Gasteiger partial charge in [0.15, 0.2) is 5.82 Å². The first-order valence-electron chi connectivity index (χ1n) is 11.0. The standard InChI is InChI=1S/C24H29F3N4O3/c1-4-34-23-29-22(17-6-5-7-18(12-17)24(25,26)27)31(30-23)20-10-8-19(9-11-20)28-13-21(32)15-33-14-16(2)3/h5-12,16,21,28,32H,4,13-15H2,1-3H3/t21-/m0/s1. The second-order valence-corrected chi connectivity index (χ2v) is 8.15. The lowest BCUT2D eigenvalue weighted by Crippen LogP contribution is -2.25. The van der Waals surface area contributed by atoms with Gasteiger partial charge in [-0.25, -0.2) is 4.68 Å². The van der Waals surface area contributed by atoms with E-state index in [-0.39, 0.29) is 24.0 Å². The van der Waals surface area contributed by atoms with Crippen LogP contribution in [0.15, 0.2) is 48.5 Å². The van der Waals surface area contributed by atoms with Crippen molar-refractivity contribution in [2.75, 3.05) is 31.7 Å². The predicted molar refractivity (Wildman–Crippen MR) is 123 cm³/mol. The molecule has 1 heterocycles. The minimum Gasteiger partial charge on any atom is -0.463 e. The normalized spacial score (nSPS) is 12.7. The van der Waals surface area contributed by atoms with Crippen LogP contribution in [0.4, 0.5) is 18.9 Å². The third-order valence-electron chi connectivity index (χ3n) is 4.72. The molecule has 0 aliphatic rings. The van der Waals surface area contributed by atoms with Crippen LogP contribution in [0.1, 0.15) is 26.3 Å². The van der Waals surface area contributed by atoms with Crippen LogP contribution in [0.2, 0.25) is 0 Å². The molecule has 1 atom stereocenters. The molecule has 1 aromatic heterocycles. The molecular formula is C24H29F3N4O3. The molecule has 3 rings (SSSR count). The summed E-state index contributed by atoms with van der Waals surface area (Å²) in [5.41, 5.74) is 0.850. The summed E-state index contributed by atoms with van der Waals surface area (Å²) in [6.45, 7) is 7.30. The summed E-state index contributed by atoms with van der Waals surface area (Å²) in [6.07, 6.45) is -5.13. The van der Waals surface area contributed by atoms with Gasteiger partial charge in [-0.1, -0.05) is 26.0 Å². The molecule has 0 amide bonds. The number of hydrogen-bond donors (Lipinski definition) is 2. The van der Waals surface area contributed by atoms with E-state index in [1.807, 2.05) is 13.8 Å². The molecular weight excluding hydrogens is 449 g/mol. The highest BCUT2D eigenvalue weighted by Crippen LogP contribution is 2.33. The number of halogens is 3. The Balaban J connectivity index is 1.78. The Labute approximate surface area is 196 Å². The molecule has 0 bridgehead atoms. The van der Waals surface area contributed by atoms with E-state index in [0.717, 1.165) is 17.8 Å². The topological polar surface area (TPSA) is 81.4 Å². The zero-order chi connectivity index (χ0) is 24.7. The van der Waals surface area contributed by atoms with Gasteiger partial charge in [0.2, 0.25) is 0 Å². The average Bonchev–Trinajstić information content (AvgIpc) is 3.21. The molecule has 2 aromatic carbocycles. The Morgan fingerprint density at radius 3 is 2.47 bits per heavy atom. The highest BCUT2D eigenvalue weighted by molar-refractivity contribution is 5.60. The van der Waals surface area contributed by atoms with E-state index in [1.54, 1.807) is 37.3 Å². The number of benzene rings is 2. The van der Waals surface area contributed by atoms with Gasteiger partial charge in [-0.3, -0.25) is 0 Å². The summed E-state index contributed by atoms with van der Waals surface area (Å²) < 4.78 is 51.9. The van der Waals surface area contributed by atoms with Crippen LogP contribution < -0.4 is 10.1 Å². The number of ether oxygens (including phenoxy) is 2. The highest BCUT2D eigenvalue weighted by atomic mass is 19.4. The van der Waals surface area contributed by atoms with E-state index < -0.39 is 17.8 Å². The minimum atomic E-state index is -4.47. The van der Waals surface area contributed by atoms with Crippen molar-refractivity contribution in [3.63, 3.8) is 0 Å². The fraction of sp³-hybridized carbons (Fsp3) is 0.417. The summed E-state index contributed by atoms with van der Waals surface area (Å²) in [7, 11) is 0. The largest absolute Gasteiger partial charge is 0.463 e. The lowest BCUT2D eigenvalue weighted by Gasteiger charge is -2.14. The van der Waals surface area contributed by atoms with Crippen molar-refractivity contribution in [1.82, 2.24) is 14.8 Å². The maximum atomic E-state index is 13.2. The molecule has 0 fully saturated rings. The van der Waals surface area contributed by atoms with Gasteiger partial charge in [-0.05, 0) is 49.2 Å². The number of nitrogens with zero attached hydrogens (tertiary/aromatic N) is 3. The summed E-state index contributed by atoms with van der Waals surface area (Å²) in [4.78, 5) is 4.29. The third kappa shape index (κ3) is 6.94. The second kappa shape index (κ2) is 11.3. The lowest BCUT2D eigenvalue weighted by molar-refractivity contribution is -0.137. The third-order valence-corrected chi connectivity index (χ3v) is 4.72. The van der Waals surface area contributed by atoms with Crippen molar-refractivity contribution >= 4 is 5.69 Å². The van der Waals surface area contributed by atoms with E-state index in [0.29, 0.717) is 31.4 Å². The smallest absolute Gasteiger partial charge is 0.416 e. The number of aliphatic hydroxyl groups excluding tert-OH is 1. The quantitative estimate of drug-likeness (QED) is 0.412. The fourth-order valence-corrected chi connectivity index (χ4v) is 3.14. The molecule has 0 saturated carbocycles. The van der Waals surface area contributed by atoms with E-state index in [1.165, 1.54) is 10.7 Å². The second-order valence-electron chi connectivity index (χ2n) is 8.15. The van der Waals surface area contributed by atoms with Crippen molar-refractivity contribution in [1.29, 1.82) is 0 Å². The van der Waals surface area contributed by atoms with Crippen molar-refractivity contribution in [3.05, 3.63) is 54.1 Å². The number of aromatic nitrogens is 3. The molecule has 0 unspecified atom stereocenters. The van der Waals surface area contributed by atoms with Gasteiger partial charge in [0.25, 0.3) is 0 Å². The van der Waals surface area contributed by atoms with Crippen LogP contribution in [-0.4, -0.2) is 52.3 Å². The zero-order valence-corrected chi connectivity index (χ0v) is 19.3. The van der Waals surface area contributed by atoms with Gasteiger partial charge < -0.3 is 19.9 Å². The van der Waals surface area contributed by atoms with Gasteiger partial charge in [0.05, 0.1) is 30.6 Å². The Morgan fingerprint density at radius 1 is 1.09 bits per heavy atom. The Bertz CT molecular complexity index is 1050. The summed E-state index contributed by atoms with van der Waals surface area (Å²) in [5.74, 6) is 0.626. The van der Waals surface area contributed by atoms with Crippen LogP contribution in [0.3, 0.4) is 0 Å². The van der Waals surface area contributed by atoms with Gasteiger partial charge in [0.1, 0.15) is 0 Å². The summed E-state index contributed by atoms with van der Waals surface area (Å²) in [5, 5.41) is 17.5. The molecule has 184 valence electrons. The number of alkyl halides is 3. The number of rotatable bonds is 11. The average molecular weight is 479 g/mol. The van der Waals surface area contributed by atoms with E-state index in [9.17, 15) is 18.3 Å². The molecule has 0 aliphatic heterocycles. The molecule has 2 N–H and O–H groups in total. The molecule has 0 aliphatic carbocycles. The van der Waals surface area contributed by atoms with Crippen LogP contribution in [-0.2, 0) is 10.9 Å². The summed E-state index contributed by atoms with van der Waals surface area (Å²) >= 11 is 0. The maximum Gasteiger partial charge on any atom is 0.416 e. The number of anilines is 1. The SMILES string of the molecule is CCOc1nc(-c2cccc(C(F)(F)F)c2)n(-c2ccc(NC[C@H](O)COCC(C)C)cc2)n1. The van der Waals surface area contributed by atoms with Crippen molar-refractivity contribution in [2.24, 2.45) is 5.92 Å². The van der Waals surface area contributed by atoms with Crippen LogP contribution in [0, 0.1) is 5.92 Å². The molecule has 3 aromatic rings. The Hall–Kier alpha value is -3.11. The monoisotopic (exact) mass is 478 g/mol. The highest BCUT2D eigenvalue weighted by Gasteiger charge is 2.31. The van der Waals surface area contributed by atoms with E-state index in [4.69, 9.17) is 9.47 Å². The number of nitrogens with one attached hydrogen (secondary N) is 1. The lowest BCUT2D eigenvalue weighted by atomic mass is 10.1. The Morgan fingerprint density at radius 2 is 1.82 bits per heavy atom.